The van der Waals surface area contributed by atoms with Crippen LogP contribution in [0.4, 0.5) is 13.2 Å². The Hall–Kier alpha value is -1.29. The predicted octanol–water partition coefficient (Wildman–Crippen LogP) is 2.55. The summed E-state index contributed by atoms with van der Waals surface area (Å²) in [5.41, 5.74) is 6.09. The molecule has 0 fully saturated rings. The first-order chi connectivity index (χ1) is 7.04. The van der Waals surface area contributed by atoms with Gasteiger partial charge >= 0.3 is 0 Å². The average Bonchev–Trinajstić information content (AvgIpc) is 2.14. The van der Waals surface area contributed by atoms with Gasteiger partial charge in [-0.1, -0.05) is 12.2 Å². The monoisotopic (exact) mass is 215 g/mol. The van der Waals surface area contributed by atoms with Gasteiger partial charge in [0.25, 0.3) is 0 Å². The number of hydrogen-bond acceptors (Lipinski definition) is 1. The molecule has 1 rings (SSSR count). The Kier molecular flexibility index (Phi) is 3.91. The van der Waals surface area contributed by atoms with Crippen LogP contribution in [0.15, 0.2) is 24.3 Å². The maximum Gasteiger partial charge on any atom is 0.161 e. The van der Waals surface area contributed by atoms with Gasteiger partial charge in [0, 0.05) is 6.07 Å². The van der Waals surface area contributed by atoms with Gasteiger partial charge in [-0.3, -0.25) is 0 Å². The molecule has 1 aromatic carbocycles. The Morgan fingerprint density at radius 3 is 2.33 bits per heavy atom. The lowest BCUT2D eigenvalue weighted by Crippen LogP contribution is -2.03. The van der Waals surface area contributed by atoms with E-state index >= 15 is 0 Å². The summed E-state index contributed by atoms with van der Waals surface area (Å²) in [5.74, 6) is -2.99. The zero-order valence-electron chi connectivity index (χ0n) is 8.19. The molecule has 15 heavy (non-hydrogen) atoms. The van der Waals surface area contributed by atoms with Crippen molar-refractivity contribution in [2.75, 3.05) is 6.54 Å². The molecule has 0 amide bonds. The third-order valence-corrected chi connectivity index (χ3v) is 2.03. The summed E-state index contributed by atoms with van der Waals surface area (Å²) in [6.07, 6.45) is 0.721. The fourth-order valence-corrected chi connectivity index (χ4v) is 1.26. The van der Waals surface area contributed by atoms with Crippen LogP contribution in [0.3, 0.4) is 0 Å². The maximum atomic E-state index is 13.2. The van der Waals surface area contributed by atoms with Crippen molar-refractivity contribution in [2.45, 2.75) is 12.8 Å². The lowest BCUT2D eigenvalue weighted by molar-refractivity contribution is 0.490. The van der Waals surface area contributed by atoms with Gasteiger partial charge in [0.1, 0.15) is 5.82 Å². The van der Waals surface area contributed by atoms with Gasteiger partial charge < -0.3 is 5.73 Å². The molecule has 0 saturated carbocycles. The van der Waals surface area contributed by atoms with Crippen molar-refractivity contribution in [3.05, 3.63) is 47.3 Å². The van der Waals surface area contributed by atoms with Crippen LogP contribution in [-0.2, 0) is 6.42 Å². The number of benzene rings is 1. The molecule has 82 valence electrons. The molecule has 0 aliphatic heterocycles. The Morgan fingerprint density at radius 1 is 1.13 bits per heavy atom. The minimum Gasteiger partial charge on any atom is -0.330 e. The number of halogens is 3. The first-order valence-electron chi connectivity index (χ1n) is 4.54. The molecule has 0 spiro atoms. The summed E-state index contributed by atoms with van der Waals surface area (Å²) >= 11 is 0. The molecule has 0 atom stereocenters. The maximum absolute atomic E-state index is 13.2. The Balaban J connectivity index is 2.86. The van der Waals surface area contributed by atoms with E-state index in [9.17, 15) is 13.2 Å². The molecule has 0 heterocycles. The predicted molar refractivity (Wildman–Crippen MR) is 52.8 cm³/mol. The van der Waals surface area contributed by atoms with Crippen LogP contribution < -0.4 is 5.73 Å². The van der Waals surface area contributed by atoms with Crippen LogP contribution in [0.1, 0.15) is 12.0 Å². The highest BCUT2D eigenvalue weighted by Gasteiger charge is 2.10. The summed E-state index contributed by atoms with van der Waals surface area (Å²) in [7, 11) is 0. The smallest absolute Gasteiger partial charge is 0.161 e. The molecule has 0 saturated heterocycles. The summed E-state index contributed by atoms with van der Waals surface area (Å²) in [6, 6.07) is 1.40. The summed E-state index contributed by atoms with van der Waals surface area (Å²) < 4.78 is 38.5. The second-order valence-electron chi connectivity index (χ2n) is 3.32. The average molecular weight is 215 g/mol. The molecule has 0 aromatic heterocycles. The topological polar surface area (TPSA) is 26.0 Å². The molecular weight excluding hydrogens is 203 g/mol. The highest BCUT2D eigenvalue weighted by atomic mass is 19.2. The van der Waals surface area contributed by atoms with Gasteiger partial charge in [0.2, 0.25) is 0 Å². The normalized spacial score (nSPS) is 10.4. The Morgan fingerprint density at radius 2 is 1.73 bits per heavy atom. The van der Waals surface area contributed by atoms with Crippen molar-refractivity contribution in [1.29, 1.82) is 0 Å². The van der Waals surface area contributed by atoms with Crippen LogP contribution in [0.25, 0.3) is 0 Å². The first-order valence-corrected chi connectivity index (χ1v) is 4.54. The minimum absolute atomic E-state index is 0.104. The molecule has 1 aromatic rings. The van der Waals surface area contributed by atoms with Gasteiger partial charge in [-0.05, 0) is 31.0 Å². The minimum atomic E-state index is -1.18. The molecular formula is C11H12F3N. The van der Waals surface area contributed by atoms with Gasteiger partial charge in [-0.2, -0.15) is 0 Å². The van der Waals surface area contributed by atoms with Gasteiger partial charge in [0.15, 0.2) is 11.6 Å². The van der Waals surface area contributed by atoms with E-state index in [0.29, 0.717) is 24.6 Å². The Labute approximate surface area is 86.4 Å². The summed E-state index contributed by atoms with van der Waals surface area (Å²) in [5, 5.41) is 0. The highest BCUT2D eigenvalue weighted by molar-refractivity contribution is 5.24. The van der Waals surface area contributed by atoms with Crippen LogP contribution in [0.2, 0.25) is 0 Å². The quantitative estimate of drug-likeness (QED) is 0.606. The van der Waals surface area contributed by atoms with Crippen LogP contribution in [0.5, 0.6) is 0 Å². The molecule has 0 bridgehead atoms. The van der Waals surface area contributed by atoms with Crippen molar-refractivity contribution in [1.82, 2.24) is 0 Å². The number of rotatable bonds is 4. The van der Waals surface area contributed by atoms with E-state index in [1.807, 2.05) is 0 Å². The standard InChI is InChI=1S/C11H12F3N/c1-7(2-3-15)4-8-5-10(13)11(14)6-9(8)12/h5-6H,1-4,15H2. The molecule has 1 nitrogen and oxygen atoms in total. The van der Waals surface area contributed by atoms with Crippen molar-refractivity contribution in [2.24, 2.45) is 5.73 Å². The van der Waals surface area contributed by atoms with E-state index in [4.69, 9.17) is 5.73 Å². The second kappa shape index (κ2) is 4.98. The lowest BCUT2D eigenvalue weighted by atomic mass is 10.0. The van der Waals surface area contributed by atoms with Crippen LogP contribution in [-0.4, -0.2) is 6.54 Å². The zero-order valence-corrected chi connectivity index (χ0v) is 8.19. The third-order valence-electron chi connectivity index (χ3n) is 2.03. The fourth-order valence-electron chi connectivity index (χ4n) is 1.26. The lowest BCUT2D eigenvalue weighted by Gasteiger charge is -2.06. The number of nitrogens with two attached hydrogens (primary N) is 1. The van der Waals surface area contributed by atoms with Gasteiger partial charge in [0.05, 0.1) is 0 Å². The van der Waals surface area contributed by atoms with Gasteiger partial charge in [-0.25, -0.2) is 13.2 Å². The molecule has 4 heteroatoms. The zero-order chi connectivity index (χ0) is 11.4. The molecule has 0 aliphatic carbocycles. The molecule has 0 radical (unpaired) electrons. The summed E-state index contributed by atoms with van der Waals surface area (Å²) in [4.78, 5) is 0. The van der Waals surface area contributed by atoms with E-state index in [2.05, 4.69) is 6.58 Å². The molecule has 0 aliphatic rings. The summed E-state index contributed by atoms with van der Waals surface area (Å²) in [6.45, 7) is 4.08. The van der Waals surface area contributed by atoms with Crippen molar-refractivity contribution < 1.29 is 13.2 Å². The van der Waals surface area contributed by atoms with Crippen molar-refractivity contribution in [3.8, 4) is 0 Å². The van der Waals surface area contributed by atoms with Crippen LogP contribution >= 0.6 is 0 Å². The van der Waals surface area contributed by atoms with E-state index < -0.39 is 17.5 Å². The second-order valence-corrected chi connectivity index (χ2v) is 3.32. The van der Waals surface area contributed by atoms with E-state index in [0.717, 1.165) is 6.07 Å². The molecule has 0 unspecified atom stereocenters. The highest BCUT2D eigenvalue weighted by Crippen LogP contribution is 2.17. The van der Waals surface area contributed by atoms with Crippen molar-refractivity contribution in [3.63, 3.8) is 0 Å². The largest absolute Gasteiger partial charge is 0.330 e. The first kappa shape index (κ1) is 11.8. The van der Waals surface area contributed by atoms with E-state index in [1.54, 1.807) is 0 Å². The number of hydrogen-bond donors (Lipinski definition) is 1. The van der Waals surface area contributed by atoms with E-state index in [1.165, 1.54) is 0 Å². The molecule has 2 N–H and O–H groups in total. The van der Waals surface area contributed by atoms with Crippen LogP contribution in [0, 0.1) is 17.5 Å². The Bertz CT molecular complexity index is 374. The van der Waals surface area contributed by atoms with E-state index in [-0.39, 0.29) is 12.0 Å². The van der Waals surface area contributed by atoms with Crippen molar-refractivity contribution >= 4 is 0 Å². The van der Waals surface area contributed by atoms with Gasteiger partial charge in [-0.15, -0.1) is 0 Å². The SMILES string of the molecule is C=C(CCN)Cc1cc(F)c(F)cc1F. The third kappa shape index (κ3) is 3.09. The fraction of sp³-hybridized carbons (Fsp3) is 0.273.